The minimum Gasteiger partial charge on any atom is -0.460 e. The minimum atomic E-state index is -0.954. The first kappa shape index (κ1) is 20.2. The molecule has 0 radical (unpaired) electrons. The Labute approximate surface area is 168 Å². The molecular formula is C23H21NO5. The molecule has 6 nitrogen and oxygen atoms in total. The number of carbonyl (C=O) groups is 2. The van der Waals surface area contributed by atoms with Gasteiger partial charge in [0.1, 0.15) is 18.3 Å². The van der Waals surface area contributed by atoms with E-state index in [1.807, 2.05) is 48.5 Å². The Morgan fingerprint density at radius 3 is 2.38 bits per heavy atom. The van der Waals surface area contributed by atoms with Gasteiger partial charge in [-0.05, 0) is 36.8 Å². The zero-order chi connectivity index (χ0) is 20.8. The van der Waals surface area contributed by atoms with E-state index in [1.165, 1.54) is 6.92 Å². The molecule has 148 valence electrons. The van der Waals surface area contributed by atoms with E-state index in [4.69, 9.17) is 4.74 Å². The van der Waals surface area contributed by atoms with Gasteiger partial charge in [0, 0.05) is 5.56 Å². The van der Waals surface area contributed by atoms with E-state index in [9.17, 15) is 19.7 Å². The summed E-state index contributed by atoms with van der Waals surface area (Å²) in [6, 6.07) is 19.8. The Bertz CT molecular complexity index is 1050. The van der Waals surface area contributed by atoms with Gasteiger partial charge in [-0.1, -0.05) is 60.7 Å². The number of nitro groups is 1. The quantitative estimate of drug-likeness (QED) is 0.242. The molecule has 0 aliphatic rings. The normalized spacial score (nSPS) is 11.8. The number of hydrogen-bond acceptors (Lipinski definition) is 5. The Morgan fingerprint density at radius 1 is 1.00 bits per heavy atom. The molecule has 1 unspecified atom stereocenters. The molecule has 3 rings (SSSR count). The minimum absolute atomic E-state index is 0.0167. The van der Waals surface area contributed by atoms with Gasteiger partial charge in [0.15, 0.2) is 0 Å². The number of Topliss-reactive ketones (excluding diaryl/α,β-unsaturated/α-hetero) is 1. The van der Waals surface area contributed by atoms with Crippen molar-refractivity contribution < 1.29 is 19.2 Å². The summed E-state index contributed by atoms with van der Waals surface area (Å²) < 4.78 is 5.29. The van der Waals surface area contributed by atoms with Crippen LogP contribution in [0, 0.1) is 16.0 Å². The summed E-state index contributed by atoms with van der Waals surface area (Å²) in [6.07, 6.45) is 0.383. The Kier molecular flexibility index (Phi) is 6.34. The van der Waals surface area contributed by atoms with Crippen LogP contribution in [0.2, 0.25) is 0 Å². The number of carbonyl (C=O) groups excluding carboxylic acids is 2. The molecule has 1 atom stereocenters. The Balaban J connectivity index is 1.75. The monoisotopic (exact) mass is 391 g/mol. The van der Waals surface area contributed by atoms with E-state index in [-0.39, 0.29) is 30.9 Å². The molecular weight excluding hydrogens is 370 g/mol. The maximum Gasteiger partial charge on any atom is 0.316 e. The first-order valence-corrected chi connectivity index (χ1v) is 9.33. The van der Waals surface area contributed by atoms with Gasteiger partial charge in [-0.15, -0.1) is 0 Å². The summed E-state index contributed by atoms with van der Waals surface area (Å²) in [6.45, 7) is 1.42. The molecule has 0 spiro atoms. The van der Waals surface area contributed by atoms with Crippen molar-refractivity contribution in [2.45, 2.75) is 26.4 Å². The molecule has 0 bridgehead atoms. The van der Waals surface area contributed by atoms with Gasteiger partial charge in [-0.2, -0.15) is 0 Å². The first-order chi connectivity index (χ1) is 14.0. The summed E-state index contributed by atoms with van der Waals surface area (Å²) in [5.41, 5.74) is 1.34. The van der Waals surface area contributed by atoms with Gasteiger partial charge in [0.05, 0.1) is 10.3 Å². The summed E-state index contributed by atoms with van der Waals surface area (Å²) in [7, 11) is 0. The second-order valence-corrected chi connectivity index (χ2v) is 6.85. The van der Waals surface area contributed by atoms with Crippen molar-refractivity contribution >= 4 is 28.2 Å². The lowest BCUT2D eigenvalue weighted by Gasteiger charge is -2.14. The SMILES string of the molecule is CC(=O)C(CCc1ccc2ccccc2c1[N+](=O)[O-])C(=O)OCc1ccccc1. The molecule has 0 saturated carbocycles. The van der Waals surface area contributed by atoms with E-state index < -0.39 is 16.8 Å². The van der Waals surface area contributed by atoms with E-state index >= 15 is 0 Å². The van der Waals surface area contributed by atoms with Crippen molar-refractivity contribution in [1.82, 2.24) is 0 Å². The van der Waals surface area contributed by atoms with Gasteiger partial charge >= 0.3 is 5.97 Å². The van der Waals surface area contributed by atoms with Crippen LogP contribution in [0.1, 0.15) is 24.5 Å². The van der Waals surface area contributed by atoms with Crippen molar-refractivity contribution in [1.29, 1.82) is 0 Å². The fourth-order valence-corrected chi connectivity index (χ4v) is 3.33. The highest BCUT2D eigenvalue weighted by atomic mass is 16.6. The van der Waals surface area contributed by atoms with Gasteiger partial charge in [-0.25, -0.2) is 0 Å². The zero-order valence-corrected chi connectivity index (χ0v) is 16.0. The number of ketones is 1. The number of hydrogen-bond donors (Lipinski definition) is 0. The predicted octanol–water partition coefficient (Wildman–Crippen LogP) is 4.63. The fraction of sp³-hybridized carbons (Fsp3) is 0.217. The molecule has 29 heavy (non-hydrogen) atoms. The molecule has 0 heterocycles. The number of fused-ring (bicyclic) bond motifs is 1. The third-order valence-corrected chi connectivity index (χ3v) is 4.87. The van der Waals surface area contributed by atoms with Crippen LogP contribution in [-0.4, -0.2) is 16.7 Å². The van der Waals surface area contributed by atoms with Crippen molar-refractivity contribution in [2.75, 3.05) is 0 Å². The smallest absolute Gasteiger partial charge is 0.316 e. The highest BCUT2D eigenvalue weighted by Crippen LogP contribution is 2.31. The van der Waals surface area contributed by atoms with Gasteiger partial charge < -0.3 is 4.74 Å². The standard InChI is InChI=1S/C23H21NO5/c1-16(25)20(23(26)29-15-17-7-3-2-4-8-17)14-13-19-12-11-18-9-5-6-10-21(18)22(19)24(27)28/h2-12,20H,13-15H2,1H3. The lowest BCUT2D eigenvalue weighted by Crippen LogP contribution is -2.25. The van der Waals surface area contributed by atoms with Crippen molar-refractivity contribution in [3.8, 4) is 0 Å². The average Bonchev–Trinajstić information content (AvgIpc) is 2.72. The number of nitrogens with zero attached hydrogens (tertiary/aromatic N) is 1. The maximum absolute atomic E-state index is 12.4. The van der Waals surface area contributed by atoms with Crippen LogP contribution < -0.4 is 0 Å². The van der Waals surface area contributed by atoms with Crippen LogP contribution in [0.4, 0.5) is 5.69 Å². The van der Waals surface area contributed by atoms with Crippen LogP contribution >= 0.6 is 0 Å². The third-order valence-electron chi connectivity index (χ3n) is 4.87. The second kappa shape index (κ2) is 9.10. The number of ether oxygens (including phenoxy) is 1. The van der Waals surface area contributed by atoms with Gasteiger partial charge in [-0.3, -0.25) is 19.7 Å². The van der Waals surface area contributed by atoms with Crippen molar-refractivity contribution in [2.24, 2.45) is 5.92 Å². The van der Waals surface area contributed by atoms with E-state index in [0.29, 0.717) is 10.9 Å². The Hall–Kier alpha value is -3.54. The molecule has 0 aliphatic heterocycles. The number of benzene rings is 3. The summed E-state index contributed by atoms with van der Waals surface area (Å²) in [5.74, 6) is -1.87. The molecule has 0 amide bonds. The predicted molar refractivity (Wildman–Crippen MR) is 109 cm³/mol. The largest absolute Gasteiger partial charge is 0.460 e. The van der Waals surface area contributed by atoms with Crippen molar-refractivity contribution in [3.63, 3.8) is 0 Å². The number of aryl methyl sites for hydroxylation is 1. The summed E-state index contributed by atoms with van der Waals surface area (Å²) in [4.78, 5) is 35.7. The van der Waals surface area contributed by atoms with Crippen LogP contribution in [0.5, 0.6) is 0 Å². The molecule has 3 aromatic rings. The molecule has 0 N–H and O–H groups in total. The average molecular weight is 391 g/mol. The van der Waals surface area contributed by atoms with Crippen LogP contribution in [-0.2, 0) is 27.4 Å². The molecule has 0 aliphatic carbocycles. The highest BCUT2D eigenvalue weighted by Gasteiger charge is 2.27. The second-order valence-electron chi connectivity index (χ2n) is 6.85. The summed E-state index contributed by atoms with van der Waals surface area (Å²) >= 11 is 0. The molecule has 0 fully saturated rings. The van der Waals surface area contributed by atoms with E-state index in [0.717, 1.165) is 10.9 Å². The number of nitro benzene ring substituents is 1. The lowest BCUT2D eigenvalue weighted by atomic mass is 9.94. The van der Waals surface area contributed by atoms with Crippen LogP contribution in [0.15, 0.2) is 66.7 Å². The molecule has 0 saturated heterocycles. The first-order valence-electron chi connectivity index (χ1n) is 9.33. The van der Waals surface area contributed by atoms with Crippen molar-refractivity contribution in [3.05, 3.63) is 88.0 Å². The topological polar surface area (TPSA) is 86.5 Å². The van der Waals surface area contributed by atoms with Gasteiger partial charge in [0.2, 0.25) is 0 Å². The third kappa shape index (κ3) is 4.85. The molecule has 6 heteroatoms. The van der Waals surface area contributed by atoms with Gasteiger partial charge in [0.25, 0.3) is 5.69 Å². The number of esters is 1. The Morgan fingerprint density at radius 2 is 1.69 bits per heavy atom. The van der Waals surface area contributed by atoms with E-state index in [2.05, 4.69) is 0 Å². The lowest BCUT2D eigenvalue weighted by molar-refractivity contribution is -0.383. The maximum atomic E-state index is 12.4. The fourth-order valence-electron chi connectivity index (χ4n) is 3.33. The zero-order valence-electron chi connectivity index (χ0n) is 16.0. The van der Waals surface area contributed by atoms with E-state index in [1.54, 1.807) is 18.2 Å². The molecule has 3 aromatic carbocycles. The number of rotatable bonds is 8. The highest BCUT2D eigenvalue weighted by molar-refractivity contribution is 5.98. The van der Waals surface area contributed by atoms with Crippen LogP contribution in [0.3, 0.4) is 0 Å². The molecule has 0 aromatic heterocycles. The summed E-state index contributed by atoms with van der Waals surface area (Å²) in [5, 5.41) is 13.0. The van der Waals surface area contributed by atoms with Crippen LogP contribution in [0.25, 0.3) is 10.8 Å².